The number of amides is 2. The molecule has 8 nitrogen and oxygen atoms in total. The Hall–Kier alpha value is -2.32. The molecule has 2 unspecified atom stereocenters. The molecule has 1 heterocycles. The number of ether oxygens (including phenoxy) is 3. The molecule has 1 saturated carbocycles. The monoisotopic (exact) mass is 531 g/mol. The van der Waals surface area contributed by atoms with Crippen molar-refractivity contribution in [1.29, 1.82) is 0 Å². The summed E-state index contributed by atoms with van der Waals surface area (Å²) in [6, 6.07) is 5.44. The number of rotatable bonds is 15. The number of carbonyl (C=O) groups excluding carboxylic acids is 2. The van der Waals surface area contributed by atoms with Gasteiger partial charge in [0.05, 0.1) is 13.7 Å². The van der Waals surface area contributed by atoms with E-state index in [0.29, 0.717) is 54.6 Å². The van der Waals surface area contributed by atoms with E-state index >= 15 is 0 Å². The van der Waals surface area contributed by atoms with Gasteiger partial charge in [-0.2, -0.15) is 0 Å². The summed E-state index contributed by atoms with van der Waals surface area (Å²) < 4.78 is 16.5. The summed E-state index contributed by atoms with van der Waals surface area (Å²) in [4.78, 5) is 31.0. The first-order valence-corrected chi connectivity index (χ1v) is 14.3. The molecule has 2 atom stereocenters. The molecule has 214 valence electrons. The summed E-state index contributed by atoms with van der Waals surface area (Å²) >= 11 is 0. The molecule has 2 fully saturated rings. The predicted octanol–water partition coefficient (Wildman–Crippen LogP) is 4.08. The van der Waals surface area contributed by atoms with E-state index < -0.39 is 0 Å². The lowest BCUT2D eigenvalue weighted by atomic mass is 9.83. The first-order valence-electron chi connectivity index (χ1n) is 14.3. The molecule has 1 N–H and O–H groups in total. The SMILES string of the molecule is COCCCOc1cc(C(=O)N(CC2CNCC2CN(CC(C)C)C(=O)C2CCC2)C(C)C)ccc1OC. The topological polar surface area (TPSA) is 80.3 Å². The average molecular weight is 532 g/mol. The van der Waals surface area contributed by atoms with Crippen LogP contribution in [0.1, 0.15) is 63.7 Å². The maximum absolute atomic E-state index is 13.7. The molecule has 2 amide bonds. The molecule has 1 aliphatic carbocycles. The summed E-state index contributed by atoms with van der Waals surface area (Å²) in [5.41, 5.74) is 0.588. The van der Waals surface area contributed by atoms with Crippen LogP contribution in [0.2, 0.25) is 0 Å². The van der Waals surface area contributed by atoms with E-state index in [9.17, 15) is 9.59 Å². The highest BCUT2D eigenvalue weighted by atomic mass is 16.5. The Bertz CT molecular complexity index is 902. The van der Waals surface area contributed by atoms with Crippen LogP contribution >= 0.6 is 0 Å². The van der Waals surface area contributed by atoms with E-state index in [4.69, 9.17) is 14.2 Å². The first-order chi connectivity index (χ1) is 18.2. The summed E-state index contributed by atoms with van der Waals surface area (Å²) in [5, 5.41) is 3.54. The Morgan fingerprint density at radius 2 is 1.71 bits per heavy atom. The molecular formula is C30H49N3O5. The van der Waals surface area contributed by atoms with E-state index in [0.717, 1.165) is 51.9 Å². The van der Waals surface area contributed by atoms with Crippen LogP contribution in [0, 0.1) is 23.7 Å². The average Bonchev–Trinajstić information content (AvgIpc) is 3.29. The van der Waals surface area contributed by atoms with Crippen molar-refractivity contribution in [2.45, 2.75) is 59.4 Å². The smallest absolute Gasteiger partial charge is 0.254 e. The van der Waals surface area contributed by atoms with E-state index in [1.54, 1.807) is 26.4 Å². The molecule has 0 radical (unpaired) electrons. The summed E-state index contributed by atoms with van der Waals surface area (Å²) in [7, 11) is 3.27. The Morgan fingerprint density at radius 3 is 2.29 bits per heavy atom. The minimum absolute atomic E-state index is 0.0142. The molecule has 8 heteroatoms. The predicted molar refractivity (Wildman–Crippen MR) is 150 cm³/mol. The van der Waals surface area contributed by atoms with Crippen LogP contribution < -0.4 is 14.8 Å². The van der Waals surface area contributed by atoms with E-state index in [2.05, 4.69) is 37.9 Å². The zero-order valence-electron chi connectivity index (χ0n) is 24.3. The first kappa shape index (κ1) is 30.2. The standard InChI is InChI=1S/C30H49N3O5/c1-21(2)18-32(29(34)23-9-7-10-23)19-25-16-31-17-26(25)20-33(22(3)4)30(35)24-11-12-27(37-6)28(15-24)38-14-8-13-36-5/h11-12,15,21-23,25-26,31H,7-10,13-14,16-20H2,1-6H3. The van der Waals surface area contributed by atoms with Gasteiger partial charge < -0.3 is 29.3 Å². The molecule has 1 aliphatic heterocycles. The molecule has 1 aromatic rings. The van der Waals surface area contributed by atoms with E-state index in [1.165, 1.54) is 0 Å². The Morgan fingerprint density at radius 1 is 1.00 bits per heavy atom. The lowest BCUT2D eigenvalue weighted by Crippen LogP contribution is -2.47. The molecule has 38 heavy (non-hydrogen) atoms. The molecule has 0 bridgehead atoms. The maximum atomic E-state index is 13.7. The zero-order chi connectivity index (χ0) is 27.7. The summed E-state index contributed by atoms with van der Waals surface area (Å²) in [6.45, 7) is 13.5. The zero-order valence-corrected chi connectivity index (χ0v) is 24.3. The quantitative estimate of drug-likeness (QED) is 0.344. The number of nitrogens with zero attached hydrogens (tertiary/aromatic N) is 2. The molecule has 1 aromatic carbocycles. The van der Waals surface area contributed by atoms with Gasteiger partial charge in [-0.25, -0.2) is 0 Å². The van der Waals surface area contributed by atoms with Gasteiger partial charge in [0, 0.05) is 70.4 Å². The van der Waals surface area contributed by atoms with Crippen LogP contribution in [-0.4, -0.2) is 87.8 Å². The molecule has 3 rings (SSSR count). The van der Waals surface area contributed by atoms with Crippen LogP contribution in [-0.2, 0) is 9.53 Å². The van der Waals surface area contributed by atoms with Gasteiger partial charge in [0.15, 0.2) is 11.5 Å². The Labute approximate surface area is 229 Å². The van der Waals surface area contributed by atoms with Gasteiger partial charge in [-0.05, 0) is 62.6 Å². The normalized spacial score (nSPS) is 19.5. The van der Waals surface area contributed by atoms with Gasteiger partial charge in [-0.1, -0.05) is 20.3 Å². The fourth-order valence-electron chi connectivity index (χ4n) is 5.36. The van der Waals surface area contributed by atoms with Gasteiger partial charge in [-0.15, -0.1) is 0 Å². The number of carbonyl (C=O) groups is 2. The minimum atomic E-state index is -0.0142. The van der Waals surface area contributed by atoms with Gasteiger partial charge in [0.25, 0.3) is 5.91 Å². The van der Waals surface area contributed by atoms with Gasteiger partial charge in [-0.3, -0.25) is 9.59 Å². The van der Waals surface area contributed by atoms with Gasteiger partial charge in [0.2, 0.25) is 5.91 Å². The summed E-state index contributed by atoms with van der Waals surface area (Å²) in [6.07, 6.45) is 3.96. The second-order valence-electron chi connectivity index (χ2n) is 11.6. The number of benzene rings is 1. The number of hydrogen-bond donors (Lipinski definition) is 1. The van der Waals surface area contributed by atoms with E-state index in [-0.39, 0.29) is 23.8 Å². The van der Waals surface area contributed by atoms with Crippen LogP contribution in [0.4, 0.5) is 0 Å². The second-order valence-corrected chi connectivity index (χ2v) is 11.6. The van der Waals surface area contributed by atoms with Crippen molar-refractivity contribution in [2.24, 2.45) is 23.7 Å². The Kier molecular flexibility index (Phi) is 11.7. The molecule has 0 spiro atoms. The van der Waals surface area contributed by atoms with Crippen LogP contribution in [0.25, 0.3) is 0 Å². The largest absolute Gasteiger partial charge is 0.493 e. The van der Waals surface area contributed by atoms with Crippen LogP contribution in [0.15, 0.2) is 18.2 Å². The second kappa shape index (κ2) is 14.7. The lowest BCUT2D eigenvalue weighted by molar-refractivity contribution is -0.139. The fraction of sp³-hybridized carbons (Fsp3) is 0.733. The van der Waals surface area contributed by atoms with Crippen LogP contribution in [0.5, 0.6) is 11.5 Å². The van der Waals surface area contributed by atoms with Gasteiger partial charge >= 0.3 is 0 Å². The molecule has 0 aromatic heterocycles. The molecular weight excluding hydrogens is 482 g/mol. The molecule has 1 saturated heterocycles. The highest BCUT2D eigenvalue weighted by molar-refractivity contribution is 5.95. The van der Waals surface area contributed by atoms with Crippen molar-refractivity contribution in [1.82, 2.24) is 15.1 Å². The van der Waals surface area contributed by atoms with E-state index in [1.807, 2.05) is 11.0 Å². The third kappa shape index (κ3) is 8.09. The number of methoxy groups -OCH3 is 2. The van der Waals surface area contributed by atoms with Crippen molar-refractivity contribution < 1.29 is 23.8 Å². The van der Waals surface area contributed by atoms with Crippen molar-refractivity contribution in [3.8, 4) is 11.5 Å². The molecule has 2 aliphatic rings. The fourth-order valence-corrected chi connectivity index (χ4v) is 5.36. The summed E-state index contributed by atoms with van der Waals surface area (Å²) in [5.74, 6) is 2.73. The Balaban J connectivity index is 1.71. The highest BCUT2D eigenvalue weighted by Gasteiger charge is 2.36. The minimum Gasteiger partial charge on any atom is -0.493 e. The van der Waals surface area contributed by atoms with Crippen LogP contribution in [0.3, 0.4) is 0 Å². The number of hydrogen-bond acceptors (Lipinski definition) is 6. The van der Waals surface area contributed by atoms with Gasteiger partial charge in [0.1, 0.15) is 0 Å². The highest BCUT2D eigenvalue weighted by Crippen LogP contribution is 2.31. The van der Waals surface area contributed by atoms with Crippen molar-refractivity contribution in [2.75, 3.05) is 60.2 Å². The third-order valence-corrected chi connectivity index (χ3v) is 7.76. The van der Waals surface area contributed by atoms with Crippen molar-refractivity contribution >= 4 is 11.8 Å². The van der Waals surface area contributed by atoms with Crippen molar-refractivity contribution in [3.05, 3.63) is 23.8 Å². The lowest BCUT2D eigenvalue weighted by Gasteiger charge is -2.36. The maximum Gasteiger partial charge on any atom is 0.254 e. The van der Waals surface area contributed by atoms with Crippen molar-refractivity contribution in [3.63, 3.8) is 0 Å². The third-order valence-electron chi connectivity index (χ3n) is 7.76. The number of nitrogens with one attached hydrogen (secondary N) is 1.